The van der Waals surface area contributed by atoms with E-state index in [1.165, 1.54) is 31.4 Å². The van der Waals surface area contributed by atoms with Crippen LogP contribution in [-0.2, 0) is 11.8 Å². The van der Waals surface area contributed by atoms with Crippen molar-refractivity contribution in [1.29, 1.82) is 0 Å². The predicted molar refractivity (Wildman–Crippen MR) is 111 cm³/mol. The molecule has 7 nitrogen and oxygen atoms in total. The van der Waals surface area contributed by atoms with Crippen molar-refractivity contribution in [3.8, 4) is 11.1 Å². The molecule has 0 aromatic carbocycles. The minimum atomic E-state index is 0.148. The molecule has 0 saturated heterocycles. The number of methoxy groups -OCH3 is 1. The highest BCUT2D eigenvalue weighted by Crippen LogP contribution is 2.39. The third kappa shape index (κ3) is 3.76. The fourth-order valence-electron chi connectivity index (χ4n) is 4.23. The van der Waals surface area contributed by atoms with Gasteiger partial charge in [0.2, 0.25) is 5.95 Å². The maximum Gasteiger partial charge on any atom is 0.241 e. The number of ether oxygens (including phenoxy) is 1. The number of hydrogen-bond donors (Lipinski definition) is 1. The fraction of sp³-hybridized carbons (Fsp3) is 0.571. The summed E-state index contributed by atoms with van der Waals surface area (Å²) in [7, 11) is 3.65. The quantitative estimate of drug-likeness (QED) is 0.701. The molecule has 3 heterocycles. The maximum atomic E-state index is 5.22. The standard InChI is InChI=1S/C21H30N6O/c1-14-5-7-16(8-6-14)19-9-18(17-10-23-26(3)12-17)20-11-22-21(25-27(19)20)24-15(2)13-28-4/h9-12,14-16H,5-8,13H2,1-4H3,(H,24,25)/t14?,15-,16?/m0/s1. The van der Waals surface area contributed by atoms with Gasteiger partial charge in [-0.1, -0.05) is 19.8 Å². The molecule has 0 amide bonds. The summed E-state index contributed by atoms with van der Waals surface area (Å²) in [6.07, 6.45) is 10.9. The van der Waals surface area contributed by atoms with E-state index in [1.807, 2.05) is 24.1 Å². The molecule has 3 aromatic rings. The molecule has 3 aromatic heterocycles. The average Bonchev–Trinajstić information content (AvgIpc) is 3.26. The van der Waals surface area contributed by atoms with Crippen molar-refractivity contribution in [2.75, 3.05) is 19.0 Å². The molecule has 1 fully saturated rings. The van der Waals surface area contributed by atoms with E-state index >= 15 is 0 Å². The van der Waals surface area contributed by atoms with E-state index in [0.29, 0.717) is 18.5 Å². The number of fused-ring (bicyclic) bond motifs is 1. The van der Waals surface area contributed by atoms with Crippen LogP contribution in [0.5, 0.6) is 0 Å². The molecule has 7 heteroatoms. The Labute approximate surface area is 166 Å². The lowest BCUT2D eigenvalue weighted by molar-refractivity contribution is 0.190. The van der Waals surface area contributed by atoms with Crippen LogP contribution in [0.2, 0.25) is 0 Å². The van der Waals surface area contributed by atoms with Gasteiger partial charge in [0.15, 0.2) is 0 Å². The Balaban J connectivity index is 1.76. The summed E-state index contributed by atoms with van der Waals surface area (Å²) in [4.78, 5) is 4.57. The molecule has 0 radical (unpaired) electrons. The summed E-state index contributed by atoms with van der Waals surface area (Å²) in [5, 5.41) is 12.5. The van der Waals surface area contributed by atoms with Crippen LogP contribution >= 0.6 is 0 Å². The van der Waals surface area contributed by atoms with Crippen LogP contribution in [0.4, 0.5) is 5.95 Å². The number of nitrogens with one attached hydrogen (secondary N) is 1. The van der Waals surface area contributed by atoms with Crippen LogP contribution in [0.3, 0.4) is 0 Å². The van der Waals surface area contributed by atoms with Crippen molar-refractivity contribution < 1.29 is 4.74 Å². The summed E-state index contributed by atoms with van der Waals surface area (Å²) < 4.78 is 9.15. The van der Waals surface area contributed by atoms with Crippen LogP contribution in [0.25, 0.3) is 16.6 Å². The van der Waals surface area contributed by atoms with Gasteiger partial charge in [-0.05, 0) is 31.7 Å². The number of hydrogen-bond acceptors (Lipinski definition) is 5. The van der Waals surface area contributed by atoms with E-state index < -0.39 is 0 Å². The first kappa shape index (κ1) is 18.9. The van der Waals surface area contributed by atoms with Gasteiger partial charge in [0.1, 0.15) is 0 Å². The van der Waals surface area contributed by atoms with Gasteiger partial charge in [-0.3, -0.25) is 4.68 Å². The smallest absolute Gasteiger partial charge is 0.241 e. The summed E-state index contributed by atoms with van der Waals surface area (Å²) in [6, 6.07) is 2.44. The largest absolute Gasteiger partial charge is 0.383 e. The zero-order valence-electron chi connectivity index (χ0n) is 17.2. The number of rotatable bonds is 6. The lowest BCUT2D eigenvalue weighted by Crippen LogP contribution is -2.23. The molecule has 1 N–H and O–H groups in total. The molecule has 28 heavy (non-hydrogen) atoms. The van der Waals surface area contributed by atoms with Crippen molar-refractivity contribution in [3.05, 3.63) is 30.4 Å². The molecule has 0 aliphatic heterocycles. The van der Waals surface area contributed by atoms with E-state index in [-0.39, 0.29) is 6.04 Å². The highest BCUT2D eigenvalue weighted by molar-refractivity contribution is 5.81. The first-order valence-electron chi connectivity index (χ1n) is 10.2. The molecule has 0 spiro atoms. The molecule has 1 aliphatic rings. The number of nitrogens with zero attached hydrogens (tertiary/aromatic N) is 5. The first-order chi connectivity index (χ1) is 13.5. The summed E-state index contributed by atoms with van der Waals surface area (Å²) in [6.45, 7) is 5.04. The van der Waals surface area contributed by atoms with Gasteiger partial charge >= 0.3 is 0 Å². The molecule has 1 saturated carbocycles. The minimum Gasteiger partial charge on any atom is -0.383 e. The summed E-state index contributed by atoms with van der Waals surface area (Å²) in [5.41, 5.74) is 4.57. The molecule has 0 bridgehead atoms. The third-order valence-electron chi connectivity index (χ3n) is 5.79. The Hall–Kier alpha value is -2.41. The second kappa shape index (κ2) is 7.91. The first-order valence-corrected chi connectivity index (χ1v) is 10.2. The minimum absolute atomic E-state index is 0.148. The highest BCUT2D eigenvalue weighted by Gasteiger charge is 2.25. The van der Waals surface area contributed by atoms with E-state index in [1.54, 1.807) is 7.11 Å². The lowest BCUT2D eigenvalue weighted by atomic mass is 9.81. The Morgan fingerprint density at radius 2 is 2.04 bits per heavy atom. The van der Waals surface area contributed by atoms with Gasteiger partial charge in [0, 0.05) is 49.1 Å². The topological polar surface area (TPSA) is 69.3 Å². The molecule has 1 atom stereocenters. The zero-order chi connectivity index (χ0) is 19.7. The average molecular weight is 383 g/mol. The number of aryl methyl sites for hydroxylation is 1. The molecule has 0 unspecified atom stereocenters. The van der Waals surface area contributed by atoms with Crippen molar-refractivity contribution in [1.82, 2.24) is 24.4 Å². The maximum absolute atomic E-state index is 5.22. The second-order valence-electron chi connectivity index (χ2n) is 8.22. The predicted octanol–water partition coefficient (Wildman–Crippen LogP) is 3.87. The Bertz CT molecular complexity index is 938. The van der Waals surface area contributed by atoms with Gasteiger partial charge in [-0.25, -0.2) is 9.50 Å². The lowest BCUT2D eigenvalue weighted by Gasteiger charge is -2.25. The molecule has 150 valence electrons. The van der Waals surface area contributed by atoms with E-state index in [4.69, 9.17) is 9.84 Å². The van der Waals surface area contributed by atoms with E-state index in [0.717, 1.165) is 22.6 Å². The zero-order valence-corrected chi connectivity index (χ0v) is 17.2. The molecular weight excluding hydrogens is 352 g/mol. The van der Waals surface area contributed by atoms with Gasteiger partial charge < -0.3 is 10.1 Å². The second-order valence-corrected chi connectivity index (χ2v) is 8.22. The SMILES string of the molecule is COC[C@H](C)Nc1ncc2c(-c3cnn(C)c3)cc(C3CCC(C)CC3)n2n1. The normalized spacial score (nSPS) is 21.1. The molecule has 4 rings (SSSR count). The fourth-order valence-corrected chi connectivity index (χ4v) is 4.23. The highest BCUT2D eigenvalue weighted by atomic mass is 16.5. The van der Waals surface area contributed by atoms with E-state index in [9.17, 15) is 0 Å². The van der Waals surface area contributed by atoms with Crippen molar-refractivity contribution in [2.45, 2.75) is 51.5 Å². The van der Waals surface area contributed by atoms with Gasteiger partial charge in [0.25, 0.3) is 0 Å². The molecular formula is C21H30N6O. The number of aromatic nitrogens is 5. The Morgan fingerprint density at radius 1 is 1.25 bits per heavy atom. The Morgan fingerprint density at radius 3 is 2.71 bits per heavy atom. The summed E-state index contributed by atoms with van der Waals surface area (Å²) in [5.74, 6) is 1.99. The van der Waals surface area contributed by atoms with Crippen LogP contribution in [0.15, 0.2) is 24.7 Å². The van der Waals surface area contributed by atoms with Crippen molar-refractivity contribution in [2.24, 2.45) is 13.0 Å². The monoisotopic (exact) mass is 382 g/mol. The van der Waals surface area contributed by atoms with Crippen LogP contribution in [-0.4, -0.2) is 44.1 Å². The van der Waals surface area contributed by atoms with Crippen molar-refractivity contribution in [3.63, 3.8) is 0 Å². The Kier molecular flexibility index (Phi) is 5.35. The number of anilines is 1. The van der Waals surface area contributed by atoms with Gasteiger partial charge in [-0.2, -0.15) is 5.10 Å². The summed E-state index contributed by atoms with van der Waals surface area (Å²) >= 11 is 0. The van der Waals surface area contributed by atoms with E-state index in [2.05, 4.69) is 46.0 Å². The van der Waals surface area contributed by atoms with Crippen LogP contribution < -0.4 is 5.32 Å². The third-order valence-corrected chi connectivity index (χ3v) is 5.79. The van der Waals surface area contributed by atoms with Crippen molar-refractivity contribution >= 4 is 11.5 Å². The molecule has 1 aliphatic carbocycles. The van der Waals surface area contributed by atoms with Gasteiger partial charge in [-0.15, -0.1) is 5.10 Å². The van der Waals surface area contributed by atoms with Gasteiger partial charge in [0.05, 0.1) is 24.5 Å². The van der Waals surface area contributed by atoms with Crippen LogP contribution in [0.1, 0.15) is 51.1 Å². The van der Waals surface area contributed by atoms with Crippen LogP contribution in [0, 0.1) is 5.92 Å².